The molecule has 9 nitrogen and oxygen atoms in total. The molecule has 3 saturated heterocycles. The second-order valence-corrected chi connectivity index (χ2v) is 13.5. The molecule has 39 heavy (non-hydrogen) atoms. The highest BCUT2D eigenvalue weighted by atomic mass is 32.8. The molecule has 4 heterocycles. The number of thioether (sulfide) groups is 1. The van der Waals surface area contributed by atoms with E-state index in [4.69, 9.17) is 15.6 Å². The quantitative estimate of drug-likeness (QED) is 0.264. The fraction of sp³-hybridized carbons (Fsp3) is 0.407. The van der Waals surface area contributed by atoms with Crippen molar-refractivity contribution in [2.75, 3.05) is 12.3 Å². The lowest BCUT2D eigenvalue weighted by Gasteiger charge is -2.21. The summed E-state index contributed by atoms with van der Waals surface area (Å²) in [6.07, 6.45) is 4.14. The fourth-order valence-corrected chi connectivity index (χ4v) is 8.49. The second kappa shape index (κ2) is 12.1. The molecule has 0 bridgehead atoms. The van der Waals surface area contributed by atoms with Crippen molar-refractivity contribution in [1.29, 1.82) is 0 Å². The van der Waals surface area contributed by atoms with Gasteiger partial charge in [0.15, 0.2) is 0 Å². The molecular weight excluding hydrogens is 559 g/mol. The summed E-state index contributed by atoms with van der Waals surface area (Å²) < 4.78 is 5.86. The van der Waals surface area contributed by atoms with E-state index in [1.807, 2.05) is 36.4 Å². The Morgan fingerprint density at radius 3 is 2.74 bits per heavy atom. The van der Waals surface area contributed by atoms with E-state index in [9.17, 15) is 24.3 Å². The number of fused-ring (bicyclic) bond motifs is 1. The van der Waals surface area contributed by atoms with Crippen LogP contribution in [0.15, 0.2) is 51.8 Å². The van der Waals surface area contributed by atoms with Gasteiger partial charge in [-0.2, -0.15) is 11.8 Å². The number of hydrogen-bond donors (Lipinski definition) is 3. The number of imide groups is 1. The molecule has 12 heteroatoms. The molecule has 5 rings (SSSR count). The summed E-state index contributed by atoms with van der Waals surface area (Å²) in [4.78, 5) is 50.5. The molecule has 4 amide bonds. The molecule has 1 aromatic heterocycles. The zero-order valence-electron chi connectivity index (χ0n) is 21.0. The fourth-order valence-electron chi connectivity index (χ4n) is 5.29. The summed E-state index contributed by atoms with van der Waals surface area (Å²) in [7, 11) is -1.30. The maximum Gasteiger partial charge on any atom is 0.315 e. The summed E-state index contributed by atoms with van der Waals surface area (Å²) in [6, 6.07) is 13.2. The maximum atomic E-state index is 13.1. The lowest BCUT2D eigenvalue weighted by Crippen LogP contribution is -2.37. The van der Waals surface area contributed by atoms with Gasteiger partial charge >= 0.3 is 12.0 Å². The number of nitrogens with one attached hydrogen (secondary N) is 2. The van der Waals surface area contributed by atoms with Crippen LogP contribution in [0.1, 0.15) is 37.9 Å². The summed E-state index contributed by atoms with van der Waals surface area (Å²) in [6.45, 7) is 0.196. The number of urea groups is 1. The monoisotopic (exact) mass is 587 g/mol. The Hall–Kier alpha value is -2.96. The Morgan fingerprint density at radius 2 is 1.97 bits per heavy atom. The van der Waals surface area contributed by atoms with Gasteiger partial charge in [-0.3, -0.25) is 19.3 Å². The molecule has 3 aliphatic rings. The van der Waals surface area contributed by atoms with Gasteiger partial charge in [-0.05, 0) is 54.9 Å². The van der Waals surface area contributed by atoms with Gasteiger partial charge < -0.3 is 20.2 Å². The molecular formula is C27H29N3O6S3. The summed E-state index contributed by atoms with van der Waals surface area (Å²) >= 11 is 7.19. The number of carbonyl (C=O) groups excluding carboxylic acids is 3. The highest BCUT2D eigenvalue weighted by Crippen LogP contribution is 2.35. The number of carboxylic acid groups (broad SMARTS) is 1. The Kier molecular flexibility index (Phi) is 8.53. The maximum absolute atomic E-state index is 13.1. The molecule has 1 aromatic carbocycles. The lowest BCUT2D eigenvalue weighted by molar-refractivity contribution is -0.138. The van der Waals surface area contributed by atoms with E-state index in [0.29, 0.717) is 30.8 Å². The lowest BCUT2D eigenvalue weighted by atomic mass is 9.91. The smallest absolute Gasteiger partial charge is 0.315 e. The van der Waals surface area contributed by atoms with Gasteiger partial charge in [0.25, 0.3) is 11.1 Å². The number of hydrogen-bond acceptors (Lipinski definition) is 7. The standard InChI is InChI=1S/C27H29N3O6S3/c31-23(32)13-16(8-11-21-24-19(15-38-21)28-26(34)29-24)5-4-12-30-25(33)22(39(37)27(30)35)14-18-9-10-20(36-18)17-6-2-1-3-7-17/h1-3,6-7,9-10,14,16,19,21,24H,4-5,8,11-13,15H2,(H,31,32)(H2,28,29,34). The molecule has 206 valence electrons. The SMILES string of the molecule is O=C(O)CC(CCCN1C(=O)C(=Cc2ccc(-c3ccccc3)o2)S(=S)C1=O)CCC1SCC2NC(=O)NC21. The third-order valence-corrected chi connectivity index (χ3v) is 11.0. The Labute approximate surface area is 237 Å². The van der Waals surface area contributed by atoms with Gasteiger partial charge in [-0.25, -0.2) is 4.79 Å². The predicted molar refractivity (Wildman–Crippen MR) is 154 cm³/mol. The number of aliphatic carboxylic acids is 1. The molecule has 0 spiro atoms. The van der Waals surface area contributed by atoms with Crippen LogP contribution in [0.25, 0.3) is 17.4 Å². The summed E-state index contributed by atoms with van der Waals surface area (Å²) in [5.41, 5.74) is 0.905. The largest absolute Gasteiger partial charge is 0.481 e. The van der Waals surface area contributed by atoms with Crippen molar-refractivity contribution in [2.45, 2.75) is 49.4 Å². The van der Waals surface area contributed by atoms with Crippen LogP contribution < -0.4 is 10.6 Å². The zero-order chi connectivity index (χ0) is 27.5. The van der Waals surface area contributed by atoms with E-state index < -0.39 is 26.6 Å². The van der Waals surface area contributed by atoms with Crippen molar-refractivity contribution >= 4 is 61.6 Å². The Morgan fingerprint density at radius 1 is 1.18 bits per heavy atom. The van der Waals surface area contributed by atoms with Gasteiger partial charge in [0.1, 0.15) is 11.5 Å². The molecule has 2 aromatic rings. The van der Waals surface area contributed by atoms with Crippen molar-refractivity contribution < 1.29 is 28.7 Å². The number of rotatable bonds is 11. The number of amides is 4. The molecule has 0 radical (unpaired) electrons. The number of nitrogens with zero attached hydrogens (tertiary/aromatic N) is 1. The summed E-state index contributed by atoms with van der Waals surface area (Å²) in [5.74, 6) is 0.590. The van der Waals surface area contributed by atoms with Crippen molar-refractivity contribution in [2.24, 2.45) is 5.92 Å². The Balaban J connectivity index is 1.17. The van der Waals surface area contributed by atoms with Gasteiger partial charge in [-0.1, -0.05) is 30.3 Å². The minimum atomic E-state index is -1.30. The van der Waals surface area contributed by atoms with Crippen molar-refractivity contribution in [1.82, 2.24) is 15.5 Å². The number of carbonyl (C=O) groups is 4. The first kappa shape index (κ1) is 27.6. The number of furan rings is 1. The van der Waals surface area contributed by atoms with Gasteiger partial charge in [0.2, 0.25) is 0 Å². The van der Waals surface area contributed by atoms with Gasteiger partial charge in [0, 0.05) is 45.1 Å². The van der Waals surface area contributed by atoms with Gasteiger partial charge in [0.05, 0.1) is 17.0 Å². The Bertz CT molecular complexity index is 1330. The van der Waals surface area contributed by atoms with Crippen LogP contribution in [-0.4, -0.2) is 62.8 Å². The minimum absolute atomic E-state index is 0.0246. The first-order valence-corrected chi connectivity index (χ1v) is 16.0. The highest BCUT2D eigenvalue weighted by Gasteiger charge is 2.43. The van der Waals surface area contributed by atoms with Crippen LogP contribution in [-0.2, 0) is 30.2 Å². The normalized spacial score (nSPS) is 26.1. The van der Waals surface area contributed by atoms with E-state index in [-0.39, 0.29) is 47.2 Å². The van der Waals surface area contributed by atoms with Crippen LogP contribution in [0.3, 0.4) is 0 Å². The van der Waals surface area contributed by atoms with Crippen LogP contribution >= 0.6 is 11.8 Å². The van der Waals surface area contributed by atoms with E-state index in [1.165, 1.54) is 4.90 Å². The van der Waals surface area contributed by atoms with Crippen LogP contribution in [0, 0.1) is 5.92 Å². The van der Waals surface area contributed by atoms with Crippen LogP contribution in [0.4, 0.5) is 9.59 Å². The summed E-state index contributed by atoms with van der Waals surface area (Å²) in [5, 5.41) is 15.1. The molecule has 5 atom stereocenters. The second-order valence-electron chi connectivity index (χ2n) is 9.87. The van der Waals surface area contributed by atoms with Gasteiger partial charge in [-0.15, -0.1) is 0 Å². The zero-order valence-corrected chi connectivity index (χ0v) is 23.5. The third-order valence-electron chi connectivity index (χ3n) is 7.25. The first-order chi connectivity index (χ1) is 18.8. The van der Waals surface area contributed by atoms with Crippen molar-refractivity contribution in [3.05, 3.63) is 53.1 Å². The number of benzene rings is 1. The topological polar surface area (TPSA) is 129 Å². The number of carboxylic acids is 1. The average molecular weight is 588 g/mol. The first-order valence-electron chi connectivity index (χ1n) is 12.8. The average Bonchev–Trinajstić information content (AvgIpc) is 3.66. The van der Waals surface area contributed by atoms with E-state index in [0.717, 1.165) is 17.7 Å². The highest BCUT2D eigenvalue weighted by molar-refractivity contribution is 8.40. The molecule has 3 fully saturated rings. The molecule has 5 unspecified atom stereocenters. The molecule has 0 aliphatic carbocycles. The van der Waals surface area contributed by atoms with E-state index in [2.05, 4.69) is 10.6 Å². The van der Waals surface area contributed by atoms with E-state index >= 15 is 0 Å². The van der Waals surface area contributed by atoms with Crippen LogP contribution in [0.5, 0.6) is 0 Å². The minimum Gasteiger partial charge on any atom is -0.481 e. The molecule has 0 saturated carbocycles. The predicted octanol–water partition coefficient (Wildman–Crippen LogP) is 4.15. The molecule has 3 N–H and O–H groups in total. The van der Waals surface area contributed by atoms with Crippen molar-refractivity contribution in [3.63, 3.8) is 0 Å². The third kappa shape index (κ3) is 6.28. The van der Waals surface area contributed by atoms with Crippen molar-refractivity contribution in [3.8, 4) is 11.3 Å². The molecule has 3 aliphatic heterocycles. The van der Waals surface area contributed by atoms with Crippen LogP contribution in [0.2, 0.25) is 0 Å². The van der Waals surface area contributed by atoms with E-state index in [1.54, 1.807) is 23.9 Å².